The zero-order valence-electron chi connectivity index (χ0n) is 9.83. The number of methoxy groups -OCH3 is 1. The molecule has 2 atom stereocenters. The summed E-state index contributed by atoms with van der Waals surface area (Å²) < 4.78 is 18.1. The van der Waals surface area contributed by atoms with Gasteiger partial charge in [-0.1, -0.05) is 6.07 Å². The largest absolute Gasteiger partial charge is 0.494 e. The SMILES string of the molecule is COc1cc(C(C)N[C@H](C)CO)ccc1F. The minimum Gasteiger partial charge on any atom is -0.494 e. The van der Waals surface area contributed by atoms with E-state index in [0.717, 1.165) is 5.56 Å². The Bertz CT molecular complexity index is 344. The molecule has 2 N–H and O–H groups in total. The van der Waals surface area contributed by atoms with Gasteiger partial charge in [0, 0.05) is 12.1 Å². The van der Waals surface area contributed by atoms with Gasteiger partial charge in [0.25, 0.3) is 0 Å². The van der Waals surface area contributed by atoms with Gasteiger partial charge in [0.15, 0.2) is 11.6 Å². The highest BCUT2D eigenvalue weighted by Crippen LogP contribution is 2.22. The Balaban J connectivity index is 2.79. The lowest BCUT2D eigenvalue weighted by molar-refractivity contribution is 0.243. The molecule has 1 aromatic rings. The Kier molecular flexibility index (Phi) is 4.71. The molecule has 1 rings (SSSR count). The van der Waals surface area contributed by atoms with Crippen LogP contribution >= 0.6 is 0 Å². The van der Waals surface area contributed by atoms with E-state index in [2.05, 4.69) is 5.32 Å². The molecular weight excluding hydrogens is 209 g/mol. The van der Waals surface area contributed by atoms with Gasteiger partial charge in [0.05, 0.1) is 13.7 Å². The van der Waals surface area contributed by atoms with Gasteiger partial charge in [-0.2, -0.15) is 0 Å². The molecule has 0 fully saturated rings. The van der Waals surface area contributed by atoms with Crippen LogP contribution in [-0.2, 0) is 0 Å². The van der Waals surface area contributed by atoms with Crippen LogP contribution in [0.5, 0.6) is 5.75 Å². The van der Waals surface area contributed by atoms with Crippen molar-refractivity contribution in [3.8, 4) is 5.75 Å². The first-order valence-electron chi connectivity index (χ1n) is 5.28. The second-order valence-electron chi connectivity index (χ2n) is 3.87. The molecule has 0 radical (unpaired) electrons. The molecule has 0 aliphatic rings. The van der Waals surface area contributed by atoms with Gasteiger partial charge in [0.2, 0.25) is 0 Å². The molecule has 0 aliphatic heterocycles. The number of halogens is 1. The maximum absolute atomic E-state index is 13.2. The van der Waals surface area contributed by atoms with E-state index in [1.54, 1.807) is 12.1 Å². The van der Waals surface area contributed by atoms with E-state index in [9.17, 15) is 4.39 Å². The van der Waals surface area contributed by atoms with Crippen LogP contribution in [0.15, 0.2) is 18.2 Å². The summed E-state index contributed by atoms with van der Waals surface area (Å²) in [5, 5.41) is 12.1. The van der Waals surface area contributed by atoms with Crippen LogP contribution < -0.4 is 10.1 Å². The number of rotatable bonds is 5. The zero-order valence-corrected chi connectivity index (χ0v) is 9.83. The third-order valence-electron chi connectivity index (χ3n) is 2.48. The van der Waals surface area contributed by atoms with Gasteiger partial charge in [-0.05, 0) is 31.5 Å². The maximum atomic E-state index is 13.2. The number of aliphatic hydroxyl groups excluding tert-OH is 1. The van der Waals surface area contributed by atoms with Crippen molar-refractivity contribution in [2.24, 2.45) is 0 Å². The number of hydrogen-bond acceptors (Lipinski definition) is 3. The van der Waals surface area contributed by atoms with E-state index in [4.69, 9.17) is 9.84 Å². The van der Waals surface area contributed by atoms with Crippen molar-refractivity contribution in [1.82, 2.24) is 5.32 Å². The fraction of sp³-hybridized carbons (Fsp3) is 0.500. The van der Waals surface area contributed by atoms with E-state index < -0.39 is 0 Å². The van der Waals surface area contributed by atoms with Gasteiger partial charge in [-0.25, -0.2) is 4.39 Å². The van der Waals surface area contributed by atoms with Crippen LogP contribution in [0.3, 0.4) is 0 Å². The molecule has 4 heteroatoms. The molecule has 3 nitrogen and oxygen atoms in total. The Hall–Kier alpha value is -1.13. The molecule has 1 aromatic carbocycles. The number of hydrogen-bond donors (Lipinski definition) is 2. The summed E-state index contributed by atoms with van der Waals surface area (Å²) in [4.78, 5) is 0. The van der Waals surface area contributed by atoms with Crippen LogP contribution in [0.25, 0.3) is 0 Å². The Morgan fingerprint density at radius 3 is 2.69 bits per heavy atom. The number of benzene rings is 1. The molecular formula is C12H18FNO2. The monoisotopic (exact) mass is 227 g/mol. The van der Waals surface area contributed by atoms with Crippen molar-refractivity contribution in [1.29, 1.82) is 0 Å². The molecule has 0 bridgehead atoms. The highest BCUT2D eigenvalue weighted by Gasteiger charge is 2.11. The first kappa shape index (κ1) is 12.9. The highest BCUT2D eigenvalue weighted by molar-refractivity contribution is 5.31. The van der Waals surface area contributed by atoms with Gasteiger partial charge >= 0.3 is 0 Å². The summed E-state index contributed by atoms with van der Waals surface area (Å²) in [7, 11) is 1.44. The van der Waals surface area contributed by atoms with E-state index in [1.165, 1.54) is 13.2 Å². The predicted molar refractivity (Wildman–Crippen MR) is 61.1 cm³/mol. The first-order valence-corrected chi connectivity index (χ1v) is 5.28. The normalized spacial score (nSPS) is 14.6. The van der Waals surface area contributed by atoms with E-state index in [0.29, 0.717) is 0 Å². The summed E-state index contributed by atoms with van der Waals surface area (Å²) in [6.45, 7) is 3.92. The summed E-state index contributed by atoms with van der Waals surface area (Å²) in [5.74, 6) is -0.128. The number of nitrogens with one attached hydrogen (secondary N) is 1. The molecule has 1 unspecified atom stereocenters. The van der Waals surface area contributed by atoms with Crippen molar-refractivity contribution in [3.05, 3.63) is 29.6 Å². The predicted octanol–water partition coefficient (Wildman–Crippen LogP) is 1.87. The van der Waals surface area contributed by atoms with Gasteiger partial charge in [-0.3, -0.25) is 0 Å². The summed E-state index contributed by atoms with van der Waals surface area (Å²) in [6.07, 6.45) is 0. The molecule has 90 valence electrons. The van der Waals surface area contributed by atoms with Crippen LogP contribution in [0.1, 0.15) is 25.5 Å². The van der Waals surface area contributed by atoms with Crippen molar-refractivity contribution in [3.63, 3.8) is 0 Å². The average molecular weight is 227 g/mol. The first-order chi connectivity index (χ1) is 7.58. The molecule has 16 heavy (non-hydrogen) atoms. The van der Waals surface area contributed by atoms with E-state index in [-0.39, 0.29) is 30.3 Å². The standard InChI is InChI=1S/C12H18FNO2/c1-8(7-15)14-9(2)10-4-5-11(13)12(6-10)16-3/h4-6,8-9,14-15H,7H2,1-3H3/t8-,9?/m1/s1. The van der Waals surface area contributed by atoms with Gasteiger partial charge < -0.3 is 15.2 Å². The quantitative estimate of drug-likeness (QED) is 0.806. The lowest BCUT2D eigenvalue weighted by atomic mass is 10.1. The minimum absolute atomic E-state index is 0.00560. The van der Waals surface area contributed by atoms with Crippen LogP contribution in [0.2, 0.25) is 0 Å². The molecule has 0 spiro atoms. The summed E-state index contributed by atoms with van der Waals surface area (Å²) in [5.41, 5.74) is 0.929. The van der Waals surface area contributed by atoms with Crippen molar-refractivity contribution in [2.45, 2.75) is 25.9 Å². The third kappa shape index (κ3) is 3.18. The van der Waals surface area contributed by atoms with Crippen LogP contribution in [-0.4, -0.2) is 24.9 Å². The van der Waals surface area contributed by atoms with Crippen molar-refractivity contribution < 1.29 is 14.2 Å². The Morgan fingerprint density at radius 1 is 1.44 bits per heavy atom. The second-order valence-corrected chi connectivity index (χ2v) is 3.87. The van der Waals surface area contributed by atoms with Crippen molar-refractivity contribution >= 4 is 0 Å². The molecule has 0 aromatic heterocycles. The molecule has 0 heterocycles. The third-order valence-corrected chi connectivity index (χ3v) is 2.48. The molecule has 0 saturated heterocycles. The highest BCUT2D eigenvalue weighted by atomic mass is 19.1. The number of aliphatic hydroxyl groups is 1. The van der Waals surface area contributed by atoms with Crippen LogP contribution in [0.4, 0.5) is 4.39 Å². The van der Waals surface area contributed by atoms with Crippen molar-refractivity contribution in [2.75, 3.05) is 13.7 Å². The van der Waals surface area contributed by atoms with Gasteiger partial charge in [-0.15, -0.1) is 0 Å². The van der Waals surface area contributed by atoms with E-state index in [1.807, 2.05) is 13.8 Å². The lowest BCUT2D eigenvalue weighted by Gasteiger charge is -2.19. The average Bonchev–Trinajstić information content (AvgIpc) is 2.29. The van der Waals surface area contributed by atoms with E-state index >= 15 is 0 Å². The summed E-state index contributed by atoms with van der Waals surface area (Å²) >= 11 is 0. The fourth-order valence-electron chi connectivity index (χ4n) is 1.52. The number of ether oxygens (including phenoxy) is 1. The second kappa shape index (κ2) is 5.82. The summed E-state index contributed by atoms with van der Waals surface area (Å²) in [6, 6.07) is 4.80. The smallest absolute Gasteiger partial charge is 0.165 e. The topological polar surface area (TPSA) is 41.5 Å². The van der Waals surface area contributed by atoms with Crippen LogP contribution in [0, 0.1) is 5.82 Å². The molecule has 0 aliphatic carbocycles. The Labute approximate surface area is 95.2 Å². The lowest BCUT2D eigenvalue weighted by Crippen LogP contribution is -2.31. The zero-order chi connectivity index (χ0) is 12.1. The molecule has 0 saturated carbocycles. The minimum atomic E-state index is -0.367. The Morgan fingerprint density at radius 2 is 2.12 bits per heavy atom. The maximum Gasteiger partial charge on any atom is 0.165 e. The fourth-order valence-corrected chi connectivity index (χ4v) is 1.52. The van der Waals surface area contributed by atoms with Gasteiger partial charge in [0.1, 0.15) is 0 Å². The molecule has 0 amide bonds.